The number of anilines is 1. The number of amides is 1. The first-order chi connectivity index (χ1) is 14.7. The third-order valence-corrected chi connectivity index (χ3v) is 6.06. The fourth-order valence-corrected chi connectivity index (χ4v) is 4.15. The highest BCUT2D eigenvalue weighted by atomic mass is 32.2. The highest BCUT2D eigenvalue weighted by Crippen LogP contribution is 2.28. The molecule has 1 aliphatic carbocycles. The minimum absolute atomic E-state index is 0.0324. The Balaban J connectivity index is 1.70. The third-order valence-electron chi connectivity index (χ3n) is 4.52. The zero-order valence-electron chi connectivity index (χ0n) is 16.9. The van der Waals surface area contributed by atoms with Crippen molar-refractivity contribution in [3.8, 4) is 11.8 Å². The lowest BCUT2D eigenvalue weighted by molar-refractivity contribution is -0.123. The van der Waals surface area contributed by atoms with Crippen LogP contribution in [0.3, 0.4) is 0 Å². The average molecular weight is 443 g/mol. The lowest BCUT2D eigenvalue weighted by Gasteiger charge is -2.15. The normalized spacial score (nSPS) is 14.2. The minimum atomic E-state index is -3.87. The lowest BCUT2D eigenvalue weighted by atomic mass is 10.2. The van der Waals surface area contributed by atoms with Crippen molar-refractivity contribution in [3.63, 3.8) is 0 Å². The van der Waals surface area contributed by atoms with Crippen molar-refractivity contribution < 1.29 is 27.5 Å². The number of hydrogen-bond acceptors (Lipinski definition) is 7. The molecule has 0 spiro atoms. The van der Waals surface area contributed by atoms with Crippen molar-refractivity contribution >= 4 is 27.6 Å². The van der Waals surface area contributed by atoms with E-state index >= 15 is 0 Å². The van der Waals surface area contributed by atoms with Gasteiger partial charge in [0, 0.05) is 11.7 Å². The summed E-state index contributed by atoms with van der Waals surface area (Å²) in [4.78, 5) is 24.6. The average Bonchev–Trinajstić information content (AvgIpc) is 3.57. The van der Waals surface area contributed by atoms with Gasteiger partial charge in [-0.2, -0.15) is 5.26 Å². The number of hydrogen-bond donors (Lipinski definition) is 2. The number of nitrogens with one attached hydrogen (secondary N) is 2. The van der Waals surface area contributed by atoms with Gasteiger partial charge in [0.25, 0.3) is 5.91 Å². The second kappa shape index (κ2) is 9.16. The molecule has 0 radical (unpaired) electrons. The Labute approximate surface area is 180 Å². The van der Waals surface area contributed by atoms with E-state index in [9.17, 15) is 18.0 Å². The molecule has 0 heterocycles. The topological polar surface area (TPSA) is 135 Å². The van der Waals surface area contributed by atoms with Crippen molar-refractivity contribution in [2.24, 2.45) is 0 Å². The van der Waals surface area contributed by atoms with Crippen LogP contribution >= 0.6 is 0 Å². The van der Waals surface area contributed by atoms with Crippen LogP contribution in [0, 0.1) is 11.3 Å². The number of benzene rings is 2. The number of sulfonamides is 1. The standard InChI is InChI=1S/C21H21N3O6S/c1-13(20(25)23-16-6-3-14(12-22)4-7-16)30-21(26)15-5-10-18(29-2)19(11-15)31(27,28)24-17-8-9-17/h3-7,10-11,13,17,24H,8-9H2,1-2H3,(H,23,25)/t13-/m1/s1. The molecule has 0 unspecified atom stereocenters. The van der Waals surface area contributed by atoms with E-state index in [-0.39, 0.29) is 22.3 Å². The SMILES string of the molecule is COc1ccc(C(=O)O[C@H](C)C(=O)Nc2ccc(C#N)cc2)cc1S(=O)(=O)NC1CC1. The second-order valence-electron chi connectivity index (χ2n) is 6.99. The molecule has 162 valence electrons. The van der Waals surface area contributed by atoms with Crippen molar-refractivity contribution in [1.29, 1.82) is 5.26 Å². The van der Waals surface area contributed by atoms with Crippen molar-refractivity contribution in [1.82, 2.24) is 4.72 Å². The van der Waals surface area contributed by atoms with E-state index in [1.165, 1.54) is 26.2 Å². The van der Waals surface area contributed by atoms with Gasteiger partial charge in [0.05, 0.1) is 24.3 Å². The number of carbonyl (C=O) groups is 2. The molecule has 2 aromatic rings. The summed E-state index contributed by atoms with van der Waals surface area (Å²) in [5.41, 5.74) is 0.852. The molecule has 0 bridgehead atoms. The predicted octanol–water partition coefficient (Wildman–Crippen LogP) is 2.19. The van der Waals surface area contributed by atoms with Crippen LogP contribution in [0.4, 0.5) is 5.69 Å². The predicted molar refractivity (Wildman–Crippen MR) is 111 cm³/mol. The van der Waals surface area contributed by atoms with Gasteiger partial charge in [0.1, 0.15) is 10.6 Å². The number of nitriles is 1. The van der Waals surface area contributed by atoms with Crippen LogP contribution in [-0.2, 0) is 19.6 Å². The van der Waals surface area contributed by atoms with Gasteiger partial charge in [-0.1, -0.05) is 0 Å². The highest BCUT2D eigenvalue weighted by molar-refractivity contribution is 7.89. The van der Waals surface area contributed by atoms with Crippen molar-refractivity contribution in [2.45, 2.75) is 36.8 Å². The molecule has 0 aliphatic heterocycles. The molecule has 2 N–H and O–H groups in total. The molecular weight excluding hydrogens is 422 g/mol. The smallest absolute Gasteiger partial charge is 0.338 e. The summed E-state index contributed by atoms with van der Waals surface area (Å²) in [5, 5.41) is 11.4. The number of esters is 1. The van der Waals surface area contributed by atoms with Crippen LogP contribution in [0.1, 0.15) is 35.7 Å². The first-order valence-corrected chi connectivity index (χ1v) is 10.9. The molecule has 9 nitrogen and oxygen atoms in total. The monoisotopic (exact) mass is 443 g/mol. The van der Waals surface area contributed by atoms with Crippen molar-refractivity contribution in [2.75, 3.05) is 12.4 Å². The van der Waals surface area contributed by atoms with Crippen molar-refractivity contribution in [3.05, 3.63) is 53.6 Å². The molecule has 1 aliphatic rings. The molecule has 10 heteroatoms. The number of rotatable bonds is 8. The van der Waals surface area contributed by atoms with Crippen LogP contribution in [0.15, 0.2) is 47.4 Å². The molecule has 0 saturated heterocycles. The van der Waals surface area contributed by atoms with E-state index < -0.39 is 28.0 Å². The molecule has 1 saturated carbocycles. The Morgan fingerprint density at radius 3 is 2.42 bits per heavy atom. The Morgan fingerprint density at radius 1 is 1.16 bits per heavy atom. The van der Waals surface area contributed by atoms with Gasteiger partial charge in [-0.15, -0.1) is 0 Å². The van der Waals surface area contributed by atoms with Gasteiger partial charge in [0.15, 0.2) is 6.10 Å². The first kappa shape index (κ1) is 22.3. The Kier molecular flexibility index (Phi) is 6.58. The summed E-state index contributed by atoms with van der Waals surface area (Å²) in [6.07, 6.45) is 0.375. The first-order valence-electron chi connectivity index (χ1n) is 9.46. The molecular formula is C21H21N3O6S. The van der Waals surface area contributed by atoms with E-state index in [4.69, 9.17) is 14.7 Å². The third kappa shape index (κ3) is 5.59. The maximum absolute atomic E-state index is 12.6. The largest absolute Gasteiger partial charge is 0.495 e. The fraction of sp³-hybridized carbons (Fsp3) is 0.286. The summed E-state index contributed by atoms with van der Waals surface area (Å²) in [7, 11) is -2.54. The summed E-state index contributed by atoms with van der Waals surface area (Å²) in [6.45, 7) is 1.40. The van der Waals surface area contributed by atoms with E-state index in [1.54, 1.807) is 24.3 Å². The van der Waals surface area contributed by atoms with Crippen LogP contribution in [-0.4, -0.2) is 39.5 Å². The van der Waals surface area contributed by atoms with Gasteiger partial charge in [-0.05, 0) is 62.2 Å². The fourth-order valence-electron chi connectivity index (χ4n) is 2.65. The molecule has 0 aromatic heterocycles. The molecule has 1 fully saturated rings. The zero-order valence-corrected chi connectivity index (χ0v) is 17.7. The van der Waals surface area contributed by atoms with Gasteiger partial charge in [-0.25, -0.2) is 17.9 Å². The van der Waals surface area contributed by atoms with Gasteiger partial charge < -0.3 is 14.8 Å². The number of ether oxygens (including phenoxy) is 2. The van der Waals surface area contributed by atoms with Crippen LogP contribution in [0.2, 0.25) is 0 Å². The van der Waals surface area contributed by atoms with Crippen LogP contribution in [0.25, 0.3) is 0 Å². The maximum Gasteiger partial charge on any atom is 0.338 e. The van der Waals surface area contributed by atoms with Crippen LogP contribution in [0.5, 0.6) is 5.75 Å². The Bertz CT molecular complexity index is 1130. The summed E-state index contributed by atoms with van der Waals surface area (Å²) < 4.78 is 38.0. The van der Waals surface area contributed by atoms with Gasteiger partial charge in [0.2, 0.25) is 10.0 Å². The Hall–Kier alpha value is -3.42. The molecule has 2 aromatic carbocycles. The number of carbonyl (C=O) groups excluding carboxylic acids is 2. The lowest BCUT2D eigenvalue weighted by Crippen LogP contribution is -2.30. The molecule has 3 rings (SSSR count). The van der Waals surface area contributed by atoms with E-state index in [2.05, 4.69) is 10.0 Å². The zero-order chi connectivity index (χ0) is 22.6. The number of methoxy groups -OCH3 is 1. The van der Waals surface area contributed by atoms with E-state index in [0.29, 0.717) is 11.3 Å². The van der Waals surface area contributed by atoms with E-state index in [1.807, 2.05) is 6.07 Å². The summed E-state index contributed by atoms with van der Waals surface area (Å²) in [5.74, 6) is -1.33. The summed E-state index contributed by atoms with van der Waals surface area (Å²) >= 11 is 0. The molecule has 1 amide bonds. The summed E-state index contributed by atoms with van der Waals surface area (Å²) in [6, 6.07) is 11.9. The van der Waals surface area contributed by atoms with Gasteiger partial charge >= 0.3 is 5.97 Å². The molecule has 31 heavy (non-hydrogen) atoms. The second-order valence-corrected chi connectivity index (χ2v) is 8.67. The number of nitrogens with zero attached hydrogens (tertiary/aromatic N) is 1. The van der Waals surface area contributed by atoms with E-state index in [0.717, 1.165) is 18.9 Å². The van der Waals surface area contributed by atoms with Crippen LogP contribution < -0.4 is 14.8 Å². The quantitative estimate of drug-likeness (QED) is 0.597. The maximum atomic E-state index is 12.6. The van der Waals surface area contributed by atoms with Gasteiger partial charge in [-0.3, -0.25) is 4.79 Å². The minimum Gasteiger partial charge on any atom is -0.495 e. The molecule has 1 atom stereocenters. The highest BCUT2D eigenvalue weighted by Gasteiger charge is 2.31. The Morgan fingerprint density at radius 2 is 1.84 bits per heavy atom.